The van der Waals surface area contributed by atoms with E-state index in [-0.39, 0.29) is 11.3 Å². The second-order valence-corrected chi connectivity index (χ2v) is 4.68. The summed E-state index contributed by atoms with van der Waals surface area (Å²) in [6, 6.07) is 18.7. The van der Waals surface area contributed by atoms with Crippen LogP contribution < -0.4 is 0 Å². The van der Waals surface area contributed by atoms with Gasteiger partial charge in [-0.3, -0.25) is 0 Å². The number of aryl methyl sites for hydroxylation is 1. The molecule has 3 rings (SSSR count). The highest BCUT2D eigenvalue weighted by molar-refractivity contribution is 5.94. The number of nitrogens with zero attached hydrogens (tertiary/aromatic N) is 3. The number of nitriles is 1. The van der Waals surface area contributed by atoms with Crippen LogP contribution in [0.25, 0.3) is 22.4 Å². The molecule has 0 unspecified atom stereocenters. The predicted molar refractivity (Wildman–Crippen MR) is 82.2 cm³/mol. The first-order valence-electron chi connectivity index (χ1n) is 6.53. The molecule has 21 heavy (non-hydrogen) atoms. The standard InChI is InChI=1S/C17H13N3O/c1-20-15-10-6-5-9-14(15)19-17(20)13(11-18)16(21)12-7-3-2-4-8-12/h2-10,21H,1H3/b16-13-. The fourth-order valence-electron chi connectivity index (χ4n) is 2.32. The first-order chi connectivity index (χ1) is 10.2. The van der Waals surface area contributed by atoms with Crippen molar-refractivity contribution in [2.75, 3.05) is 0 Å². The molecule has 3 aromatic rings. The molecule has 0 saturated heterocycles. The quantitative estimate of drug-likeness (QED) is 0.575. The van der Waals surface area contributed by atoms with Crippen molar-refractivity contribution in [3.8, 4) is 6.07 Å². The van der Waals surface area contributed by atoms with Gasteiger partial charge in [0.15, 0.2) is 5.82 Å². The van der Waals surface area contributed by atoms with Crippen LogP contribution in [0.4, 0.5) is 0 Å². The van der Waals surface area contributed by atoms with E-state index in [2.05, 4.69) is 11.1 Å². The molecule has 1 aromatic heterocycles. The summed E-state index contributed by atoms with van der Waals surface area (Å²) in [6.07, 6.45) is 0. The Hall–Kier alpha value is -3.06. The van der Waals surface area contributed by atoms with E-state index in [0.717, 1.165) is 11.0 Å². The van der Waals surface area contributed by atoms with E-state index in [4.69, 9.17) is 0 Å². The summed E-state index contributed by atoms with van der Waals surface area (Å²) >= 11 is 0. The normalized spacial score (nSPS) is 12.0. The summed E-state index contributed by atoms with van der Waals surface area (Å²) in [5.74, 6) is 0.400. The number of hydrogen-bond acceptors (Lipinski definition) is 3. The van der Waals surface area contributed by atoms with Crippen molar-refractivity contribution in [1.29, 1.82) is 5.26 Å². The summed E-state index contributed by atoms with van der Waals surface area (Å²) in [6.45, 7) is 0. The van der Waals surface area contributed by atoms with Crippen molar-refractivity contribution in [1.82, 2.24) is 9.55 Å². The number of aliphatic hydroxyl groups excluding tert-OH is 1. The summed E-state index contributed by atoms with van der Waals surface area (Å²) < 4.78 is 1.81. The third-order valence-electron chi connectivity index (χ3n) is 3.41. The topological polar surface area (TPSA) is 61.8 Å². The number of fused-ring (bicyclic) bond motifs is 1. The molecule has 0 amide bonds. The number of imidazole rings is 1. The number of allylic oxidation sites excluding steroid dienone is 1. The molecule has 0 saturated carbocycles. The molecular formula is C17H13N3O. The average Bonchev–Trinajstić information content (AvgIpc) is 2.86. The van der Waals surface area contributed by atoms with E-state index in [1.807, 2.05) is 54.1 Å². The summed E-state index contributed by atoms with van der Waals surface area (Å²) in [4.78, 5) is 4.45. The predicted octanol–water partition coefficient (Wildman–Crippen LogP) is 3.52. The molecule has 0 bridgehead atoms. The Morgan fingerprint density at radius 1 is 1.10 bits per heavy atom. The molecule has 4 heteroatoms. The van der Waals surface area contributed by atoms with Gasteiger partial charge in [-0.05, 0) is 12.1 Å². The Balaban J connectivity index is 2.24. The highest BCUT2D eigenvalue weighted by atomic mass is 16.3. The van der Waals surface area contributed by atoms with Gasteiger partial charge < -0.3 is 9.67 Å². The summed E-state index contributed by atoms with van der Waals surface area (Å²) in [5, 5.41) is 19.8. The molecule has 0 aliphatic rings. The monoisotopic (exact) mass is 275 g/mol. The van der Waals surface area contributed by atoms with E-state index in [9.17, 15) is 10.4 Å². The van der Waals surface area contributed by atoms with Gasteiger partial charge in [0.1, 0.15) is 17.4 Å². The second kappa shape index (κ2) is 5.14. The van der Waals surface area contributed by atoms with Gasteiger partial charge in [-0.25, -0.2) is 4.98 Å². The molecule has 0 fully saturated rings. The van der Waals surface area contributed by atoms with Gasteiger partial charge in [-0.15, -0.1) is 0 Å². The fraction of sp³-hybridized carbons (Fsp3) is 0.0588. The van der Waals surface area contributed by atoms with Crippen LogP contribution in [0.1, 0.15) is 11.4 Å². The fourth-order valence-corrected chi connectivity index (χ4v) is 2.32. The maximum absolute atomic E-state index is 10.4. The first kappa shape index (κ1) is 12.9. The summed E-state index contributed by atoms with van der Waals surface area (Å²) in [5.41, 5.74) is 2.48. The van der Waals surface area contributed by atoms with Gasteiger partial charge in [0, 0.05) is 12.6 Å². The SMILES string of the molecule is Cn1c(/C(C#N)=C(\O)c2ccccc2)nc2ccccc21. The van der Waals surface area contributed by atoms with Crippen molar-refractivity contribution in [2.45, 2.75) is 0 Å². The lowest BCUT2D eigenvalue weighted by atomic mass is 10.1. The molecular weight excluding hydrogens is 262 g/mol. The molecule has 0 radical (unpaired) electrons. The zero-order valence-electron chi connectivity index (χ0n) is 11.5. The molecule has 102 valence electrons. The second-order valence-electron chi connectivity index (χ2n) is 4.68. The Kier molecular flexibility index (Phi) is 3.17. The van der Waals surface area contributed by atoms with Crippen LogP contribution >= 0.6 is 0 Å². The molecule has 2 aromatic carbocycles. The van der Waals surface area contributed by atoms with Crippen LogP contribution in [0.5, 0.6) is 0 Å². The Morgan fingerprint density at radius 3 is 2.43 bits per heavy atom. The van der Waals surface area contributed by atoms with E-state index in [1.54, 1.807) is 12.1 Å². The number of rotatable bonds is 2. The number of hydrogen-bond donors (Lipinski definition) is 1. The zero-order chi connectivity index (χ0) is 14.8. The zero-order valence-corrected chi connectivity index (χ0v) is 11.5. The minimum Gasteiger partial charge on any atom is -0.506 e. The maximum atomic E-state index is 10.4. The largest absolute Gasteiger partial charge is 0.506 e. The van der Waals surface area contributed by atoms with Crippen molar-refractivity contribution in [3.63, 3.8) is 0 Å². The van der Waals surface area contributed by atoms with Gasteiger partial charge >= 0.3 is 0 Å². The molecule has 0 aliphatic heterocycles. The minimum absolute atomic E-state index is 0.0588. The lowest BCUT2D eigenvalue weighted by Gasteiger charge is -2.05. The number of para-hydroxylation sites is 2. The van der Waals surface area contributed by atoms with Gasteiger partial charge in [0.05, 0.1) is 11.0 Å². The van der Waals surface area contributed by atoms with Crippen molar-refractivity contribution in [2.24, 2.45) is 7.05 Å². The van der Waals surface area contributed by atoms with Gasteiger partial charge in [0.2, 0.25) is 0 Å². The molecule has 0 aliphatic carbocycles. The number of aliphatic hydroxyl groups is 1. The van der Waals surface area contributed by atoms with E-state index >= 15 is 0 Å². The minimum atomic E-state index is -0.0588. The van der Waals surface area contributed by atoms with Gasteiger partial charge in [-0.1, -0.05) is 42.5 Å². The van der Waals surface area contributed by atoms with Crippen LogP contribution in [-0.2, 0) is 7.05 Å². The molecule has 4 nitrogen and oxygen atoms in total. The molecule has 0 atom stereocenters. The van der Waals surface area contributed by atoms with Crippen LogP contribution in [0.3, 0.4) is 0 Å². The average molecular weight is 275 g/mol. The lowest BCUT2D eigenvalue weighted by Crippen LogP contribution is -1.99. The van der Waals surface area contributed by atoms with Gasteiger partial charge in [-0.2, -0.15) is 5.26 Å². The number of aromatic nitrogens is 2. The van der Waals surface area contributed by atoms with E-state index in [0.29, 0.717) is 11.4 Å². The Labute approximate surface area is 122 Å². The molecule has 0 spiro atoms. The van der Waals surface area contributed by atoms with Crippen LogP contribution in [-0.4, -0.2) is 14.7 Å². The smallest absolute Gasteiger partial charge is 0.155 e. The number of benzene rings is 2. The third-order valence-corrected chi connectivity index (χ3v) is 3.41. The highest BCUT2D eigenvalue weighted by Gasteiger charge is 2.17. The lowest BCUT2D eigenvalue weighted by molar-refractivity contribution is 0.513. The summed E-state index contributed by atoms with van der Waals surface area (Å²) in [7, 11) is 1.83. The van der Waals surface area contributed by atoms with Crippen LogP contribution in [0, 0.1) is 11.3 Å². The van der Waals surface area contributed by atoms with Crippen LogP contribution in [0.15, 0.2) is 54.6 Å². The van der Waals surface area contributed by atoms with E-state index < -0.39 is 0 Å². The van der Waals surface area contributed by atoms with Crippen molar-refractivity contribution in [3.05, 3.63) is 66.0 Å². The van der Waals surface area contributed by atoms with Crippen LogP contribution in [0.2, 0.25) is 0 Å². The molecule has 1 heterocycles. The van der Waals surface area contributed by atoms with Gasteiger partial charge in [0.25, 0.3) is 0 Å². The Bertz CT molecular complexity index is 870. The molecule has 1 N–H and O–H groups in total. The first-order valence-corrected chi connectivity index (χ1v) is 6.53. The van der Waals surface area contributed by atoms with E-state index in [1.165, 1.54) is 0 Å². The van der Waals surface area contributed by atoms with Crippen molar-refractivity contribution >= 4 is 22.4 Å². The highest BCUT2D eigenvalue weighted by Crippen LogP contribution is 2.25. The maximum Gasteiger partial charge on any atom is 0.155 e. The Morgan fingerprint density at radius 2 is 1.76 bits per heavy atom. The van der Waals surface area contributed by atoms with Crippen molar-refractivity contribution < 1.29 is 5.11 Å². The third kappa shape index (κ3) is 2.15.